The first-order chi connectivity index (χ1) is 5.45. The molecule has 0 atom stereocenters. The van der Waals surface area contributed by atoms with Crippen LogP contribution in [0.3, 0.4) is 0 Å². The zero-order chi connectivity index (χ0) is 9.72. The van der Waals surface area contributed by atoms with E-state index in [4.69, 9.17) is 9.90 Å². The van der Waals surface area contributed by atoms with Crippen molar-refractivity contribution in [3.8, 4) is 0 Å². The summed E-state index contributed by atoms with van der Waals surface area (Å²) >= 11 is 0. The second kappa shape index (κ2) is 4.38. The van der Waals surface area contributed by atoms with E-state index in [1.807, 2.05) is 6.08 Å². The molecule has 0 saturated heterocycles. The molecule has 3 N–H and O–H groups in total. The minimum absolute atomic E-state index is 0.157. The van der Waals surface area contributed by atoms with Gasteiger partial charge in [0.25, 0.3) is 0 Å². The van der Waals surface area contributed by atoms with Gasteiger partial charge in [-0.1, -0.05) is 6.08 Å². The summed E-state index contributed by atoms with van der Waals surface area (Å²) in [7, 11) is 3.53. The maximum atomic E-state index is 10.8. The quantitative estimate of drug-likeness (QED) is 0.585. The van der Waals surface area contributed by atoms with Gasteiger partial charge in [0.2, 0.25) is 5.91 Å². The third kappa shape index (κ3) is 5.28. The molecule has 5 heteroatoms. The molecule has 1 rings (SSSR count). The summed E-state index contributed by atoms with van der Waals surface area (Å²) in [6, 6.07) is 0. The summed E-state index contributed by atoms with van der Waals surface area (Å²) in [6.45, 7) is 0. The van der Waals surface area contributed by atoms with E-state index < -0.39 is 6.09 Å². The van der Waals surface area contributed by atoms with Crippen LogP contribution in [-0.4, -0.2) is 36.1 Å². The molecule has 0 unspecified atom stereocenters. The fourth-order valence-electron chi connectivity index (χ4n) is 0.513. The van der Waals surface area contributed by atoms with E-state index in [1.165, 1.54) is 0 Å². The predicted molar refractivity (Wildman–Crippen MR) is 43.6 cm³/mol. The average molecular weight is 172 g/mol. The van der Waals surface area contributed by atoms with Gasteiger partial charge in [0.05, 0.1) is 0 Å². The maximum absolute atomic E-state index is 10.8. The Morgan fingerprint density at radius 1 is 1.58 bits per heavy atom. The fourth-order valence-corrected chi connectivity index (χ4v) is 0.513. The van der Waals surface area contributed by atoms with Crippen molar-refractivity contribution in [3.63, 3.8) is 0 Å². The van der Waals surface area contributed by atoms with Crippen LogP contribution < -0.4 is 5.73 Å². The van der Waals surface area contributed by atoms with Crippen LogP contribution >= 0.6 is 0 Å². The van der Waals surface area contributed by atoms with Crippen molar-refractivity contribution >= 4 is 12.0 Å². The number of allylic oxidation sites excluding steroid dienone is 1. The number of amides is 2. The predicted octanol–water partition coefficient (Wildman–Crippen LogP) is 0.0278. The second-order valence-electron chi connectivity index (χ2n) is 2.47. The molecule has 0 aliphatic heterocycles. The first-order valence-corrected chi connectivity index (χ1v) is 3.34. The molecule has 0 bridgehead atoms. The first-order valence-electron chi connectivity index (χ1n) is 3.34. The number of hydrogen-bond donors (Lipinski definition) is 2. The van der Waals surface area contributed by atoms with Crippen LogP contribution in [0.25, 0.3) is 0 Å². The number of nitrogens with two attached hydrogens (primary N) is 1. The average Bonchev–Trinajstić information content (AvgIpc) is 2.65. The largest absolute Gasteiger partial charge is 0.465 e. The number of nitrogens with zero attached hydrogens (tertiary/aromatic N) is 1. The molecule has 68 valence electrons. The number of carbonyl (C=O) groups excluding carboxylic acids is 1. The summed E-state index contributed by atoms with van der Waals surface area (Å²) in [4.78, 5) is 21.1. The summed E-state index contributed by atoms with van der Waals surface area (Å²) in [5, 5.41) is 7.19. The van der Waals surface area contributed by atoms with Crippen molar-refractivity contribution in [3.05, 3.63) is 11.6 Å². The zero-order valence-electron chi connectivity index (χ0n) is 7.07. The molecule has 0 heterocycles. The smallest absolute Gasteiger partial charge is 0.402 e. The lowest BCUT2D eigenvalue weighted by molar-refractivity contribution is -0.124. The molecule has 0 aromatic rings. The lowest BCUT2D eigenvalue weighted by Gasteiger charge is -2.05. The molecule has 2 amide bonds. The molecule has 1 aliphatic carbocycles. The van der Waals surface area contributed by atoms with E-state index in [0.29, 0.717) is 0 Å². The normalized spacial score (nSPS) is 12.0. The lowest BCUT2D eigenvalue weighted by Crippen LogP contribution is -2.20. The highest BCUT2D eigenvalue weighted by atomic mass is 16.4. The third-order valence-corrected chi connectivity index (χ3v) is 1.09. The zero-order valence-corrected chi connectivity index (χ0v) is 7.07. The highest BCUT2D eigenvalue weighted by Crippen LogP contribution is 2.19. The summed E-state index contributed by atoms with van der Waals surface area (Å²) in [5.74, 6) is 0.157. The van der Waals surface area contributed by atoms with E-state index in [1.54, 1.807) is 19.0 Å². The third-order valence-electron chi connectivity index (χ3n) is 1.09. The van der Waals surface area contributed by atoms with Crippen LogP contribution in [0.1, 0.15) is 6.42 Å². The summed E-state index contributed by atoms with van der Waals surface area (Å²) in [6.07, 6.45) is 1.50. The minimum atomic E-state index is -1.33. The number of carboxylic acid groups (broad SMARTS) is 1. The number of primary amides is 1. The lowest BCUT2D eigenvalue weighted by atomic mass is 10.4. The van der Waals surface area contributed by atoms with Gasteiger partial charge < -0.3 is 15.7 Å². The van der Waals surface area contributed by atoms with Crippen molar-refractivity contribution < 1.29 is 14.7 Å². The van der Waals surface area contributed by atoms with Crippen molar-refractivity contribution in [1.29, 1.82) is 0 Å². The Bertz CT molecular complexity index is 217. The summed E-state index contributed by atoms with van der Waals surface area (Å²) < 4.78 is 0. The Hall–Kier alpha value is -1.52. The molecular formula is C7H12N2O3. The van der Waals surface area contributed by atoms with E-state index >= 15 is 0 Å². The van der Waals surface area contributed by atoms with E-state index in [-0.39, 0.29) is 5.91 Å². The Morgan fingerprint density at radius 3 is 2.00 bits per heavy atom. The fraction of sp³-hybridized carbons (Fsp3) is 0.429. The van der Waals surface area contributed by atoms with Crippen LogP contribution in [0.2, 0.25) is 0 Å². The van der Waals surface area contributed by atoms with Crippen LogP contribution in [0.5, 0.6) is 0 Å². The van der Waals surface area contributed by atoms with Gasteiger partial charge in [0.1, 0.15) is 0 Å². The molecule has 0 aromatic heterocycles. The van der Waals surface area contributed by atoms with Gasteiger partial charge in [-0.25, -0.2) is 4.79 Å². The maximum Gasteiger partial charge on any atom is 0.402 e. The molecule has 0 spiro atoms. The number of hydrogen-bond acceptors (Lipinski definition) is 2. The number of carbonyl (C=O) groups is 2. The van der Waals surface area contributed by atoms with Crippen LogP contribution in [0.15, 0.2) is 11.6 Å². The van der Waals surface area contributed by atoms with Gasteiger partial charge in [-0.3, -0.25) is 4.79 Å². The topological polar surface area (TPSA) is 83.6 Å². The Labute approximate surface area is 70.5 Å². The van der Waals surface area contributed by atoms with Crippen LogP contribution in [-0.2, 0) is 4.79 Å². The number of likely N-dealkylation sites (N-methyl/N-ethyl adjacent to an activating group) is 1. The Balaban J connectivity index is 0.000000261. The van der Waals surface area contributed by atoms with Gasteiger partial charge >= 0.3 is 6.09 Å². The molecule has 0 saturated carbocycles. The highest BCUT2D eigenvalue weighted by molar-refractivity contribution is 5.97. The van der Waals surface area contributed by atoms with Crippen molar-refractivity contribution in [1.82, 2.24) is 4.90 Å². The van der Waals surface area contributed by atoms with E-state index in [9.17, 15) is 4.79 Å². The first kappa shape index (κ1) is 10.5. The van der Waals surface area contributed by atoms with E-state index in [2.05, 4.69) is 5.73 Å². The van der Waals surface area contributed by atoms with Crippen molar-refractivity contribution in [2.75, 3.05) is 14.1 Å². The highest BCUT2D eigenvalue weighted by Gasteiger charge is 2.17. The van der Waals surface area contributed by atoms with Crippen LogP contribution in [0, 0.1) is 0 Å². The van der Waals surface area contributed by atoms with Gasteiger partial charge in [-0.15, -0.1) is 0 Å². The molecule has 0 fully saturated rings. The van der Waals surface area contributed by atoms with Crippen molar-refractivity contribution in [2.24, 2.45) is 5.73 Å². The Morgan fingerprint density at radius 2 is 1.92 bits per heavy atom. The second-order valence-corrected chi connectivity index (χ2v) is 2.47. The molecule has 0 aromatic carbocycles. The Kier molecular flexibility index (Phi) is 3.82. The number of rotatable bonds is 1. The van der Waals surface area contributed by atoms with Gasteiger partial charge in [0.15, 0.2) is 0 Å². The van der Waals surface area contributed by atoms with Gasteiger partial charge in [-0.2, -0.15) is 0 Å². The SMILES string of the molecule is CN(C)C(=O)C1=CC1.NC(=O)O. The molecular weight excluding hydrogens is 160 g/mol. The molecule has 0 radical (unpaired) electrons. The van der Waals surface area contributed by atoms with Crippen molar-refractivity contribution in [2.45, 2.75) is 6.42 Å². The standard InChI is InChI=1S/C6H9NO.CH3NO2/c1-7(2)6(8)5-3-4-5;2-1(3)4/h3H,4H2,1-2H3;2H2,(H,3,4). The van der Waals surface area contributed by atoms with E-state index in [0.717, 1.165) is 12.0 Å². The van der Waals surface area contributed by atoms with Crippen LogP contribution in [0.4, 0.5) is 4.79 Å². The van der Waals surface area contributed by atoms with Gasteiger partial charge in [0, 0.05) is 19.7 Å². The molecule has 1 aliphatic rings. The molecule has 12 heavy (non-hydrogen) atoms. The summed E-state index contributed by atoms with van der Waals surface area (Å²) in [5.41, 5.74) is 4.98. The van der Waals surface area contributed by atoms with Gasteiger partial charge in [-0.05, 0) is 6.42 Å². The molecule has 5 nitrogen and oxygen atoms in total. The minimum Gasteiger partial charge on any atom is -0.465 e. The monoisotopic (exact) mass is 172 g/mol.